The molecule has 0 amide bonds. The Kier molecular flexibility index (Phi) is 5.62. The van der Waals surface area contributed by atoms with E-state index >= 15 is 0 Å². The highest BCUT2D eigenvalue weighted by Gasteiger charge is 2.31. The van der Waals surface area contributed by atoms with E-state index in [1.165, 1.54) is 6.07 Å². The highest BCUT2D eigenvalue weighted by atomic mass is 19.4. The molecule has 19 heavy (non-hydrogen) atoms. The lowest BCUT2D eigenvalue weighted by Gasteiger charge is -2.17. The van der Waals surface area contributed by atoms with Gasteiger partial charge in [-0.3, -0.25) is 0 Å². The summed E-state index contributed by atoms with van der Waals surface area (Å²) in [5, 5.41) is 0. The Morgan fingerprint density at radius 2 is 1.84 bits per heavy atom. The van der Waals surface area contributed by atoms with Crippen LogP contribution in [-0.2, 0) is 12.6 Å². The number of hydrogen-bond donors (Lipinski definition) is 2. The van der Waals surface area contributed by atoms with Gasteiger partial charge in [0.25, 0.3) is 0 Å². The van der Waals surface area contributed by atoms with Gasteiger partial charge >= 0.3 is 6.18 Å². The molecule has 0 radical (unpaired) electrons. The van der Waals surface area contributed by atoms with Gasteiger partial charge in [-0.25, -0.2) is 0 Å². The van der Waals surface area contributed by atoms with Crippen LogP contribution in [0.25, 0.3) is 0 Å². The van der Waals surface area contributed by atoms with Gasteiger partial charge in [-0.05, 0) is 56.1 Å². The van der Waals surface area contributed by atoms with Crippen molar-refractivity contribution < 1.29 is 17.9 Å². The highest BCUT2D eigenvalue weighted by molar-refractivity contribution is 5.38. The quantitative estimate of drug-likeness (QED) is 0.837. The third kappa shape index (κ3) is 4.40. The largest absolute Gasteiger partial charge is 0.494 e. The Labute approximate surface area is 110 Å². The minimum Gasteiger partial charge on any atom is -0.494 e. The fourth-order valence-electron chi connectivity index (χ4n) is 1.79. The van der Waals surface area contributed by atoms with E-state index in [0.717, 1.165) is 12.1 Å². The zero-order chi connectivity index (χ0) is 14.5. The first-order chi connectivity index (χ1) is 8.92. The minimum absolute atomic E-state index is 0.0531. The van der Waals surface area contributed by atoms with Crippen LogP contribution in [0, 0.1) is 5.92 Å². The molecular formula is C13H19F3N2O. The molecule has 0 aromatic heterocycles. The monoisotopic (exact) mass is 276 g/mol. The van der Waals surface area contributed by atoms with E-state index < -0.39 is 11.7 Å². The van der Waals surface area contributed by atoms with Crippen LogP contribution < -0.4 is 16.2 Å². The topological polar surface area (TPSA) is 61.3 Å². The molecule has 0 aliphatic rings. The van der Waals surface area contributed by atoms with E-state index in [1.807, 2.05) is 0 Å². The molecular weight excluding hydrogens is 257 g/mol. The van der Waals surface area contributed by atoms with Crippen LogP contribution in [0.1, 0.15) is 18.1 Å². The molecule has 0 aliphatic heterocycles. The van der Waals surface area contributed by atoms with E-state index in [9.17, 15) is 13.2 Å². The third-order valence-electron chi connectivity index (χ3n) is 2.86. The van der Waals surface area contributed by atoms with Gasteiger partial charge in [-0.1, -0.05) is 0 Å². The highest BCUT2D eigenvalue weighted by Crippen LogP contribution is 2.33. The maximum absolute atomic E-state index is 12.7. The standard InChI is InChI=1S/C13H19F3N2O/c1-2-19-12-4-3-11(13(14,15)16)6-10(12)5-9(7-17)8-18/h3-4,6,9H,2,5,7-8,17-18H2,1H3. The molecule has 0 aliphatic carbocycles. The Balaban J connectivity index is 3.08. The second-order valence-corrected chi connectivity index (χ2v) is 4.29. The summed E-state index contributed by atoms with van der Waals surface area (Å²) in [6, 6.07) is 3.49. The van der Waals surface area contributed by atoms with Crippen LogP contribution in [0.5, 0.6) is 5.75 Å². The summed E-state index contributed by atoms with van der Waals surface area (Å²) in [6.07, 6.45) is -3.98. The van der Waals surface area contributed by atoms with Crippen molar-refractivity contribution in [2.24, 2.45) is 17.4 Å². The Hall–Kier alpha value is -1.27. The molecule has 0 atom stereocenters. The molecule has 0 saturated heterocycles. The molecule has 1 aromatic rings. The van der Waals surface area contributed by atoms with E-state index in [2.05, 4.69) is 0 Å². The first-order valence-electron chi connectivity index (χ1n) is 6.15. The average molecular weight is 276 g/mol. The maximum Gasteiger partial charge on any atom is 0.416 e. The maximum atomic E-state index is 12.7. The fourth-order valence-corrected chi connectivity index (χ4v) is 1.79. The Morgan fingerprint density at radius 1 is 1.21 bits per heavy atom. The van der Waals surface area contributed by atoms with E-state index in [0.29, 0.717) is 37.4 Å². The van der Waals surface area contributed by atoms with Gasteiger partial charge in [0, 0.05) is 0 Å². The molecule has 3 nitrogen and oxygen atoms in total. The number of hydrogen-bond acceptors (Lipinski definition) is 3. The summed E-state index contributed by atoms with van der Waals surface area (Å²) >= 11 is 0. The van der Waals surface area contributed by atoms with Crippen molar-refractivity contribution in [2.45, 2.75) is 19.5 Å². The smallest absolute Gasteiger partial charge is 0.416 e. The Bertz CT molecular complexity index is 403. The number of benzene rings is 1. The predicted octanol–water partition coefficient (Wildman–Crippen LogP) is 2.18. The van der Waals surface area contributed by atoms with Gasteiger partial charge in [-0.15, -0.1) is 0 Å². The van der Waals surface area contributed by atoms with E-state index in [1.54, 1.807) is 6.92 Å². The second kappa shape index (κ2) is 6.77. The van der Waals surface area contributed by atoms with Crippen LogP contribution in [0.3, 0.4) is 0 Å². The molecule has 1 rings (SSSR count). The van der Waals surface area contributed by atoms with E-state index in [4.69, 9.17) is 16.2 Å². The first kappa shape index (κ1) is 15.8. The molecule has 0 bridgehead atoms. The molecule has 0 spiro atoms. The lowest BCUT2D eigenvalue weighted by atomic mass is 9.97. The van der Waals surface area contributed by atoms with Crippen molar-refractivity contribution in [2.75, 3.05) is 19.7 Å². The van der Waals surface area contributed by atoms with Crippen molar-refractivity contribution in [3.05, 3.63) is 29.3 Å². The van der Waals surface area contributed by atoms with Crippen molar-refractivity contribution >= 4 is 0 Å². The van der Waals surface area contributed by atoms with Crippen LogP contribution >= 0.6 is 0 Å². The van der Waals surface area contributed by atoms with Crippen molar-refractivity contribution in [1.29, 1.82) is 0 Å². The zero-order valence-corrected chi connectivity index (χ0v) is 10.8. The van der Waals surface area contributed by atoms with Crippen molar-refractivity contribution in [3.63, 3.8) is 0 Å². The van der Waals surface area contributed by atoms with Crippen LogP contribution in [0.15, 0.2) is 18.2 Å². The lowest BCUT2D eigenvalue weighted by molar-refractivity contribution is -0.137. The second-order valence-electron chi connectivity index (χ2n) is 4.29. The Morgan fingerprint density at radius 3 is 2.32 bits per heavy atom. The number of nitrogens with two attached hydrogens (primary N) is 2. The van der Waals surface area contributed by atoms with Crippen LogP contribution in [0.2, 0.25) is 0 Å². The number of ether oxygens (including phenoxy) is 1. The summed E-state index contributed by atoms with van der Waals surface area (Å²) in [5.74, 6) is 0.407. The van der Waals surface area contributed by atoms with Crippen molar-refractivity contribution in [3.8, 4) is 5.75 Å². The normalized spacial score (nSPS) is 11.9. The summed E-state index contributed by atoms with van der Waals surface area (Å²) < 4.78 is 43.4. The molecule has 4 N–H and O–H groups in total. The SMILES string of the molecule is CCOc1ccc(C(F)(F)F)cc1CC(CN)CN. The van der Waals surface area contributed by atoms with Gasteiger partial charge in [0.05, 0.1) is 12.2 Å². The summed E-state index contributed by atoms with van der Waals surface area (Å²) in [5.41, 5.74) is 10.9. The summed E-state index contributed by atoms with van der Waals surface area (Å²) in [7, 11) is 0. The molecule has 108 valence electrons. The number of halogens is 3. The van der Waals surface area contributed by atoms with Gasteiger partial charge in [0.2, 0.25) is 0 Å². The molecule has 0 fully saturated rings. The molecule has 0 unspecified atom stereocenters. The van der Waals surface area contributed by atoms with Gasteiger partial charge in [0.15, 0.2) is 0 Å². The van der Waals surface area contributed by atoms with Crippen LogP contribution in [-0.4, -0.2) is 19.7 Å². The van der Waals surface area contributed by atoms with Crippen molar-refractivity contribution in [1.82, 2.24) is 0 Å². The van der Waals surface area contributed by atoms with Gasteiger partial charge < -0.3 is 16.2 Å². The number of rotatable bonds is 6. The average Bonchev–Trinajstić information content (AvgIpc) is 2.36. The number of alkyl halides is 3. The third-order valence-corrected chi connectivity index (χ3v) is 2.86. The minimum atomic E-state index is -4.36. The summed E-state index contributed by atoms with van der Waals surface area (Å²) in [6.45, 7) is 2.84. The van der Waals surface area contributed by atoms with E-state index in [-0.39, 0.29) is 5.92 Å². The van der Waals surface area contributed by atoms with Gasteiger partial charge in [-0.2, -0.15) is 13.2 Å². The lowest BCUT2D eigenvalue weighted by Crippen LogP contribution is -2.25. The molecule has 0 saturated carbocycles. The first-order valence-corrected chi connectivity index (χ1v) is 6.15. The predicted molar refractivity (Wildman–Crippen MR) is 67.9 cm³/mol. The molecule has 1 aromatic carbocycles. The summed E-state index contributed by atoms with van der Waals surface area (Å²) in [4.78, 5) is 0. The van der Waals surface area contributed by atoms with Gasteiger partial charge in [0.1, 0.15) is 5.75 Å². The molecule has 0 heterocycles. The van der Waals surface area contributed by atoms with Crippen LogP contribution in [0.4, 0.5) is 13.2 Å². The fraction of sp³-hybridized carbons (Fsp3) is 0.538. The zero-order valence-electron chi connectivity index (χ0n) is 10.8. The molecule has 6 heteroatoms.